The number of hydrogen-bond acceptors (Lipinski definition) is 4. The normalized spacial score (nSPS) is 14.5. The predicted molar refractivity (Wildman–Crippen MR) is 103 cm³/mol. The van der Waals surface area contributed by atoms with E-state index in [-0.39, 0.29) is 5.56 Å². The van der Waals surface area contributed by atoms with Gasteiger partial charge in [-0.25, -0.2) is 4.98 Å². The maximum Gasteiger partial charge on any atom is 0.278 e. The fourth-order valence-corrected chi connectivity index (χ4v) is 3.71. The van der Waals surface area contributed by atoms with Crippen molar-refractivity contribution in [2.75, 3.05) is 18.0 Å². The number of nitrogens with zero attached hydrogens (tertiary/aromatic N) is 4. The van der Waals surface area contributed by atoms with Crippen molar-refractivity contribution in [1.82, 2.24) is 19.5 Å². The molecule has 2 aromatic carbocycles. The third kappa shape index (κ3) is 2.54. The molecule has 3 heterocycles. The molecule has 0 bridgehead atoms. The highest BCUT2D eigenvalue weighted by Gasteiger charge is 2.17. The van der Waals surface area contributed by atoms with E-state index in [1.54, 1.807) is 6.33 Å². The Morgan fingerprint density at radius 1 is 1.04 bits per heavy atom. The Balaban J connectivity index is 1.53. The van der Waals surface area contributed by atoms with E-state index in [9.17, 15) is 4.79 Å². The molecule has 5 rings (SSSR count). The molecule has 6 nitrogen and oxygen atoms in total. The van der Waals surface area contributed by atoms with Crippen LogP contribution in [-0.2, 0) is 6.54 Å². The number of rotatable bonds is 3. The lowest BCUT2D eigenvalue weighted by Gasteiger charge is -2.15. The number of anilines is 1. The molecule has 1 saturated heterocycles. The Kier molecular flexibility index (Phi) is 3.48. The van der Waals surface area contributed by atoms with Gasteiger partial charge in [0.05, 0.1) is 6.33 Å². The van der Waals surface area contributed by atoms with Crippen LogP contribution in [0.15, 0.2) is 53.6 Å². The van der Waals surface area contributed by atoms with Crippen molar-refractivity contribution >= 4 is 27.9 Å². The van der Waals surface area contributed by atoms with Crippen molar-refractivity contribution in [3.8, 4) is 0 Å². The van der Waals surface area contributed by atoms with Gasteiger partial charge in [-0.3, -0.25) is 9.78 Å². The number of imidazole rings is 1. The average molecular weight is 345 g/mol. The van der Waals surface area contributed by atoms with Crippen LogP contribution >= 0.6 is 0 Å². The zero-order valence-electron chi connectivity index (χ0n) is 14.4. The highest BCUT2D eigenvalue weighted by atomic mass is 16.1. The molecule has 0 unspecified atom stereocenters. The number of hydrogen-bond donors (Lipinski definition) is 1. The largest absolute Gasteiger partial charge is 0.342 e. The fourth-order valence-electron chi connectivity index (χ4n) is 3.71. The molecule has 0 atom stereocenters. The Morgan fingerprint density at radius 2 is 1.85 bits per heavy atom. The lowest BCUT2D eigenvalue weighted by atomic mass is 10.1. The Morgan fingerprint density at radius 3 is 2.69 bits per heavy atom. The van der Waals surface area contributed by atoms with E-state index in [1.165, 1.54) is 10.8 Å². The molecular formula is C20H19N5O. The van der Waals surface area contributed by atoms with Crippen LogP contribution in [0.2, 0.25) is 0 Å². The van der Waals surface area contributed by atoms with Crippen LogP contribution in [0.4, 0.5) is 5.95 Å². The van der Waals surface area contributed by atoms with Crippen LogP contribution in [0.5, 0.6) is 0 Å². The van der Waals surface area contributed by atoms with Gasteiger partial charge in [0.1, 0.15) is 0 Å². The van der Waals surface area contributed by atoms with Crippen LogP contribution in [0, 0.1) is 0 Å². The quantitative estimate of drug-likeness (QED) is 0.620. The molecule has 0 radical (unpaired) electrons. The smallest absolute Gasteiger partial charge is 0.278 e. The predicted octanol–water partition coefficient (Wildman–Crippen LogP) is 2.92. The fraction of sp³-hybridized carbons (Fsp3) is 0.250. The molecule has 6 heteroatoms. The highest BCUT2D eigenvalue weighted by Crippen LogP contribution is 2.19. The second kappa shape index (κ2) is 5.98. The van der Waals surface area contributed by atoms with Gasteiger partial charge in [-0.1, -0.05) is 36.4 Å². The van der Waals surface area contributed by atoms with Gasteiger partial charge in [0, 0.05) is 19.6 Å². The first kappa shape index (κ1) is 15.1. The van der Waals surface area contributed by atoms with E-state index in [1.807, 2.05) is 16.7 Å². The lowest BCUT2D eigenvalue weighted by molar-refractivity contribution is 0.819. The van der Waals surface area contributed by atoms with Crippen LogP contribution in [0.1, 0.15) is 18.4 Å². The second-order valence-corrected chi connectivity index (χ2v) is 6.81. The minimum absolute atomic E-state index is 0.129. The number of benzene rings is 2. The summed E-state index contributed by atoms with van der Waals surface area (Å²) in [5.41, 5.74) is 2.04. The van der Waals surface area contributed by atoms with Gasteiger partial charge < -0.3 is 9.47 Å². The average Bonchev–Trinajstić information content (AvgIpc) is 3.32. The molecular weight excluding hydrogens is 326 g/mol. The summed E-state index contributed by atoms with van der Waals surface area (Å²) in [6, 6.07) is 14.6. The Hall–Kier alpha value is -3.15. The molecule has 130 valence electrons. The summed E-state index contributed by atoms with van der Waals surface area (Å²) in [5.74, 6) is 0.635. The van der Waals surface area contributed by atoms with Crippen molar-refractivity contribution in [3.05, 3.63) is 64.7 Å². The highest BCUT2D eigenvalue weighted by molar-refractivity contribution is 5.83. The van der Waals surface area contributed by atoms with Crippen molar-refractivity contribution in [1.29, 1.82) is 0 Å². The van der Waals surface area contributed by atoms with Crippen LogP contribution in [-0.4, -0.2) is 32.6 Å². The summed E-state index contributed by atoms with van der Waals surface area (Å²) >= 11 is 0. The van der Waals surface area contributed by atoms with Gasteiger partial charge in [-0.05, 0) is 35.2 Å². The summed E-state index contributed by atoms with van der Waals surface area (Å²) in [5, 5.41) is 2.40. The second-order valence-electron chi connectivity index (χ2n) is 6.81. The summed E-state index contributed by atoms with van der Waals surface area (Å²) < 4.78 is 1.87. The number of aromatic amines is 1. The van der Waals surface area contributed by atoms with Crippen LogP contribution in [0.3, 0.4) is 0 Å². The molecule has 1 aliphatic heterocycles. The maximum atomic E-state index is 12.7. The molecule has 0 spiro atoms. The zero-order chi connectivity index (χ0) is 17.5. The summed E-state index contributed by atoms with van der Waals surface area (Å²) in [7, 11) is 0. The van der Waals surface area contributed by atoms with Gasteiger partial charge >= 0.3 is 0 Å². The van der Waals surface area contributed by atoms with Gasteiger partial charge in [-0.2, -0.15) is 4.98 Å². The summed E-state index contributed by atoms with van der Waals surface area (Å²) in [6.45, 7) is 2.47. The number of nitrogens with one attached hydrogen (secondary N) is 1. The van der Waals surface area contributed by atoms with E-state index in [2.05, 4.69) is 50.2 Å². The topological polar surface area (TPSA) is 66.8 Å². The summed E-state index contributed by atoms with van der Waals surface area (Å²) in [6.07, 6.45) is 3.98. The van der Waals surface area contributed by atoms with Crippen LogP contribution in [0.25, 0.3) is 21.9 Å². The standard InChI is InChI=1S/C20H19N5O/c26-19-17-18(22-20(23-19)24-9-3-4-10-24)21-13-25(17)12-14-7-8-15-5-1-2-6-16(15)11-14/h1-2,5-8,11,13H,3-4,9-10,12H2,(H,22,23,26). The monoisotopic (exact) mass is 345 g/mol. The van der Waals surface area contributed by atoms with Crippen molar-refractivity contribution in [2.45, 2.75) is 19.4 Å². The van der Waals surface area contributed by atoms with Crippen molar-refractivity contribution < 1.29 is 0 Å². The molecule has 1 fully saturated rings. The third-order valence-electron chi connectivity index (χ3n) is 5.04. The van der Waals surface area contributed by atoms with E-state index in [0.717, 1.165) is 31.5 Å². The zero-order valence-corrected chi connectivity index (χ0v) is 14.4. The van der Waals surface area contributed by atoms with Gasteiger partial charge in [0.25, 0.3) is 5.56 Å². The molecule has 26 heavy (non-hydrogen) atoms. The van der Waals surface area contributed by atoms with E-state index < -0.39 is 0 Å². The summed E-state index contributed by atoms with van der Waals surface area (Å²) in [4.78, 5) is 26.6. The van der Waals surface area contributed by atoms with Crippen molar-refractivity contribution in [3.63, 3.8) is 0 Å². The van der Waals surface area contributed by atoms with Crippen LogP contribution < -0.4 is 10.5 Å². The number of fused-ring (bicyclic) bond motifs is 2. The van der Waals surface area contributed by atoms with Gasteiger partial charge in [0.15, 0.2) is 11.2 Å². The first-order chi connectivity index (χ1) is 12.8. The molecule has 0 amide bonds. The molecule has 4 aromatic rings. The molecule has 0 aliphatic carbocycles. The SMILES string of the molecule is O=c1[nH]c(N2CCCC2)nc2ncn(Cc3ccc4ccccc4c3)c12. The Bertz CT molecular complexity index is 1150. The minimum Gasteiger partial charge on any atom is -0.342 e. The number of H-pyrrole nitrogens is 1. The lowest BCUT2D eigenvalue weighted by Crippen LogP contribution is -2.24. The van der Waals surface area contributed by atoms with Gasteiger partial charge in [0.2, 0.25) is 5.95 Å². The van der Waals surface area contributed by atoms with E-state index >= 15 is 0 Å². The first-order valence-corrected chi connectivity index (χ1v) is 8.96. The first-order valence-electron chi connectivity index (χ1n) is 8.96. The minimum atomic E-state index is -0.129. The molecule has 2 aromatic heterocycles. The van der Waals surface area contributed by atoms with E-state index in [0.29, 0.717) is 23.7 Å². The molecule has 0 saturated carbocycles. The maximum absolute atomic E-state index is 12.7. The Labute approximate surface area is 150 Å². The molecule has 1 N–H and O–H groups in total. The van der Waals surface area contributed by atoms with Gasteiger partial charge in [-0.15, -0.1) is 0 Å². The van der Waals surface area contributed by atoms with E-state index in [4.69, 9.17) is 0 Å². The third-order valence-corrected chi connectivity index (χ3v) is 5.04. The van der Waals surface area contributed by atoms with Crippen molar-refractivity contribution in [2.24, 2.45) is 0 Å². The number of aromatic nitrogens is 4. The molecule has 1 aliphatic rings.